The lowest BCUT2D eigenvalue weighted by atomic mass is 10.1. The van der Waals surface area contributed by atoms with Gasteiger partial charge in [-0.15, -0.1) is 11.3 Å². The molecule has 0 fully saturated rings. The van der Waals surface area contributed by atoms with E-state index in [0.717, 1.165) is 23.5 Å². The highest BCUT2D eigenvalue weighted by atomic mass is 32.1. The number of thiophene rings is 1. The topological polar surface area (TPSA) is 13.1 Å². The summed E-state index contributed by atoms with van der Waals surface area (Å²) >= 11 is 1.74. The Labute approximate surface area is 111 Å². The molecule has 0 amide bonds. The van der Waals surface area contributed by atoms with Crippen LogP contribution in [0, 0.1) is 13.0 Å². The van der Waals surface area contributed by atoms with Gasteiger partial charge in [0.25, 0.3) is 0 Å². The van der Waals surface area contributed by atoms with Crippen LogP contribution in [0.5, 0.6) is 0 Å². The molecule has 0 saturated heterocycles. The predicted octanol–water partition coefficient (Wildman–Crippen LogP) is 5.02. The Hall–Kier alpha value is -1.89. The van der Waals surface area contributed by atoms with Crippen LogP contribution < -0.4 is 0 Å². The summed E-state index contributed by atoms with van der Waals surface area (Å²) < 4.78 is 5.72. The maximum atomic E-state index is 5.72. The van der Waals surface area contributed by atoms with Gasteiger partial charge in [-0.05, 0) is 36.6 Å². The molecule has 0 atom stereocenters. The molecule has 0 spiro atoms. The van der Waals surface area contributed by atoms with Crippen LogP contribution in [0.15, 0.2) is 52.3 Å². The average molecular weight is 253 g/mol. The van der Waals surface area contributed by atoms with Crippen LogP contribution in [-0.4, -0.2) is 0 Å². The van der Waals surface area contributed by atoms with Gasteiger partial charge in [0, 0.05) is 6.08 Å². The van der Waals surface area contributed by atoms with Crippen molar-refractivity contribution < 1.29 is 4.42 Å². The minimum Gasteiger partial charge on any atom is -0.461 e. The normalized spacial score (nSPS) is 14.2. The molecule has 18 heavy (non-hydrogen) atoms. The van der Waals surface area contributed by atoms with Crippen LogP contribution in [0.1, 0.15) is 17.1 Å². The van der Waals surface area contributed by atoms with Gasteiger partial charge >= 0.3 is 0 Å². The Kier molecular flexibility index (Phi) is 2.97. The van der Waals surface area contributed by atoms with Gasteiger partial charge in [-0.3, -0.25) is 0 Å². The summed E-state index contributed by atoms with van der Waals surface area (Å²) in [6, 6.07) is 6.14. The Morgan fingerprint density at radius 2 is 2.22 bits per heavy atom. The number of furan rings is 1. The van der Waals surface area contributed by atoms with Crippen LogP contribution in [-0.2, 0) is 0 Å². The maximum absolute atomic E-state index is 5.72. The molecule has 1 aliphatic rings. The second-order valence-electron chi connectivity index (χ2n) is 4.18. The summed E-state index contributed by atoms with van der Waals surface area (Å²) in [5.74, 6) is 1.88. The van der Waals surface area contributed by atoms with Gasteiger partial charge < -0.3 is 4.42 Å². The molecule has 0 unspecified atom stereocenters. The first-order valence-electron chi connectivity index (χ1n) is 5.93. The summed E-state index contributed by atoms with van der Waals surface area (Å²) in [6.07, 6.45) is 12.5. The Morgan fingerprint density at radius 1 is 1.28 bits per heavy atom. The van der Waals surface area contributed by atoms with Gasteiger partial charge in [0.1, 0.15) is 28.4 Å². The Balaban J connectivity index is 2.06. The molecule has 2 heteroatoms. The third-order valence-electron chi connectivity index (χ3n) is 2.84. The lowest BCUT2D eigenvalue weighted by Gasteiger charge is -1.95. The molecule has 0 saturated carbocycles. The molecule has 2 heterocycles. The summed E-state index contributed by atoms with van der Waals surface area (Å²) in [5.41, 5.74) is 2.36. The van der Waals surface area contributed by atoms with Crippen molar-refractivity contribution >= 4 is 16.9 Å². The van der Waals surface area contributed by atoms with Gasteiger partial charge in [0.15, 0.2) is 6.08 Å². The first-order chi connectivity index (χ1) is 8.84. The van der Waals surface area contributed by atoms with Gasteiger partial charge in [-0.2, -0.15) is 0 Å². The number of rotatable bonds is 2. The fourth-order valence-corrected chi connectivity index (χ4v) is 2.87. The molecule has 2 aromatic heterocycles. The Bertz CT molecular complexity index is 638. The summed E-state index contributed by atoms with van der Waals surface area (Å²) in [7, 11) is 0. The van der Waals surface area contributed by atoms with Crippen LogP contribution in [0.25, 0.3) is 16.9 Å². The summed E-state index contributed by atoms with van der Waals surface area (Å²) in [5, 5.41) is 2.10. The smallest absolute Gasteiger partial charge is 0.164 e. The van der Waals surface area contributed by atoms with Gasteiger partial charge in [0.2, 0.25) is 0 Å². The highest BCUT2D eigenvalue weighted by Gasteiger charge is 2.18. The largest absolute Gasteiger partial charge is 0.461 e. The average Bonchev–Trinajstić information content (AvgIpc) is 2.92. The maximum Gasteiger partial charge on any atom is 0.164 e. The van der Waals surface area contributed by atoms with E-state index in [9.17, 15) is 0 Å². The van der Waals surface area contributed by atoms with Crippen molar-refractivity contribution in [3.05, 3.63) is 64.6 Å². The van der Waals surface area contributed by atoms with E-state index in [1.54, 1.807) is 11.3 Å². The molecular formula is C16H13OS+. The van der Waals surface area contributed by atoms with Crippen LogP contribution in [0.4, 0.5) is 0 Å². The molecule has 0 aromatic carbocycles. The van der Waals surface area contributed by atoms with Crippen molar-refractivity contribution in [1.29, 1.82) is 0 Å². The van der Waals surface area contributed by atoms with Crippen LogP contribution >= 0.6 is 11.3 Å². The monoisotopic (exact) mass is 253 g/mol. The van der Waals surface area contributed by atoms with E-state index in [0.29, 0.717) is 0 Å². The second kappa shape index (κ2) is 4.77. The molecule has 2 aromatic rings. The first-order valence-corrected chi connectivity index (χ1v) is 6.80. The van der Waals surface area contributed by atoms with Crippen molar-refractivity contribution in [2.24, 2.45) is 0 Å². The van der Waals surface area contributed by atoms with E-state index in [-0.39, 0.29) is 0 Å². The molecule has 0 radical (unpaired) electrons. The van der Waals surface area contributed by atoms with Crippen molar-refractivity contribution in [2.75, 3.05) is 0 Å². The van der Waals surface area contributed by atoms with Crippen molar-refractivity contribution in [3.8, 4) is 11.3 Å². The molecule has 0 N–H and O–H groups in total. The standard InChI is InChI=1S/C16H13OS/c1-12-8-9-15(17-12)14-10-11-18-16(14)13-6-4-2-3-5-7-13/h2,4,6-11H,3H2,1H3/q+1. The predicted molar refractivity (Wildman–Crippen MR) is 76.3 cm³/mol. The van der Waals surface area contributed by atoms with Gasteiger partial charge in [-0.25, -0.2) is 0 Å². The number of allylic oxidation sites excluding steroid dienone is 6. The fourth-order valence-electron chi connectivity index (χ4n) is 1.97. The molecular weight excluding hydrogens is 240 g/mol. The van der Waals surface area contributed by atoms with Crippen LogP contribution in [0.2, 0.25) is 0 Å². The number of hydrogen-bond donors (Lipinski definition) is 0. The summed E-state index contributed by atoms with van der Waals surface area (Å²) in [6.45, 7) is 1.97. The zero-order valence-corrected chi connectivity index (χ0v) is 11.0. The number of hydrogen-bond acceptors (Lipinski definition) is 2. The van der Waals surface area contributed by atoms with Crippen molar-refractivity contribution in [3.63, 3.8) is 0 Å². The minimum absolute atomic E-state index is 0.876. The van der Waals surface area contributed by atoms with E-state index in [1.807, 2.05) is 19.1 Å². The first kappa shape index (κ1) is 11.2. The third kappa shape index (κ3) is 2.08. The van der Waals surface area contributed by atoms with E-state index in [2.05, 4.69) is 41.8 Å². The van der Waals surface area contributed by atoms with Gasteiger partial charge in [0.05, 0.1) is 11.6 Å². The highest BCUT2D eigenvalue weighted by molar-refractivity contribution is 7.11. The lowest BCUT2D eigenvalue weighted by Crippen LogP contribution is -1.79. The molecule has 0 bridgehead atoms. The molecule has 0 aliphatic heterocycles. The van der Waals surface area contributed by atoms with E-state index in [4.69, 9.17) is 4.42 Å². The van der Waals surface area contributed by atoms with E-state index < -0.39 is 0 Å². The van der Waals surface area contributed by atoms with E-state index in [1.165, 1.54) is 10.5 Å². The lowest BCUT2D eigenvalue weighted by molar-refractivity contribution is 0.548. The fraction of sp³-hybridized carbons (Fsp3) is 0.125. The molecule has 88 valence electrons. The highest BCUT2D eigenvalue weighted by Crippen LogP contribution is 2.35. The van der Waals surface area contributed by atoms with Gasteiger partial charge in [-0.1, -0.05) is 6.08 Å². The molecule has 1 aliphatic carbocycles. The van der Waals surface area contributed by atoms with Crippen LogP contribution in [0.3, 0.4) is 0 Å². The van der Waals surface area contributed by atoms with Crippen molar-refractivity contribution in [1.82, 2.24) is 0 Å². The Morgan fingerprint density at radius 3 is 3.06 bits per heavy atom. The number of aryl methyl sites for hydroxylation is 1. The zero-order valence-electron chi connectivity index (χ0n) is 10.1. The minimum atomic E-state index is 0.876. The second-order valence-corrected chi connectivity index (χ2v) is 5.09. The van der Waals surface area contributed by atoms with Crippen molar-refractivity contribution in [2.45, 2.75) is 13.3 Å². The molecule has 1 nitrogen and oxygen atoms in total. The third-order valence-corrected chi connectivity index (χ3v) is 3.80. The SMILES string of the molecule is Cc1ccc(-c2ccsc2C2=CC=CC[C+]=C2)o1. The zero-order chi connectivity index (χ0) is 12.4. The molecule has 3 rings (SSSR count). The summed E-state index contributed by atoms with van der Waals surface area (Å²) in [4.78, 5) is 1.24. The quantitative estimate of drug-likeness (QED) is 0.685. The van der Waals surface area contributed by atoms with E-state index >= 15 is 0 Å².